The van der Waals surface area contributed by atoms with Gasteiger partial charge in [-0.15, -0.1) is 0 Å². The van der Waals surface area contributed by atoms with Crippen molar-refractivity contribution in [3.8, 4) is 11.5 Å². The van der Waals surface area contributed by atoms with Crippen LogP contribution in [0.3, 0.4) is 0 Å². The Bertz CT molecular complexity index is 736. The van der Waals surface area contributed by atoms with Crippen molar-refractivity contribution in [1.82, 2.24) is 3.97 Å². The summed E-state index contributed by atoms with van der Waals surface area (Å²) in [6, 6.07) is 16.2. The van der Waals surface area contributed by atoms with Crippen LogP contribution in [0.5, 0.6) is 11.5 Å². The maximum atomic E-state index is 5.25. The molecular weight excluding hydrogens is 270 g/mol. The van der Waals surface area contributed by atoms with E-state index >= 15 is 0 Å². The molecule has 3 nitrogen and oxygen atoms in total. The highest BCUT2D eigenvalue weighted by atomic mass is 32.2. The molecule has 102 valence electrons. The topological polar surface area (TPSA) is 23.4 Å². The van der Waals surface area contributed by atoms with Crippen molar-refractivity contribution < 1.29 is 9.47 Å². The highest BCUT2D eigenvalue weighted by Gasteiger charge is 2.05. The zero-order valence-corrected chi connectivity index (χ0v) is 12.2. The van der Waals surface area contributed by atoms with E-state index in [1.807, 2.05) is 30.3 Å². The summed E-state index contributed by atoms with van der Waals surface area (Å²) in [6.07, 6.45) is 2.06. The van der Waals surface area contributed by atoms with Gasteiger partial charge in [-0.1, -0.05) is 6.07 Å². The van der Waals surface area contributed by atoms with Gasteiger partial charge in [0.2, 0.25) is 0 Å². The van der Waals surface area contributed by atoms with Crippen molar-refractivity contribution in [3.63, 3.8) is 0 Å². The van der Waals surface area contributed by atoms with Crippen LogP contribution in [0.1, 0.15) is 0 Å². The molecule has 0 radical (unpaired) electrons. The molecule has 1 heterocycles. The van der Waals surface area contributed by atoms with Gasteiger partial charge in [0.25, 0.3) is 0 Å². The lowest BCUT2D eigenvalue weighted by atomic mass is 10.2. The summed E-state index contributed by atoms with van der Waals surface area (Å²) in [5, 5.41) is 1.17. The Morgan fingerprint density at radius 1 is 0.900 bits per heavy atom. The second-order valence-corrected chi connectivity index (χ2v) is 5.38. The summed E-state index contributed by atoms with van der Waals surface area (Å²) in [7, 11) is 3.37. The van der Waals surface area contributed by atoms with Crippen LogP contribution in [-0.4, -0.2) is 18.2 Å². The molecule has 0 aliphatic heterocycles. The summed E-state index contributed by atoms with van der Waals surface area (Å²) in [5.41, 5.74) is 1.17. The predicted octanol–water partition coefficient (Wildman–Crippen LogP) is 4.21. The number of benzene rings is 2. The average molecular weight is 285 g/mol. The minimum atomic E-state index is 0.869. The number of aromatic nitrogens is 1. The summed E-state index contributed by atoms with van der Waals surface area (Å²) >= 11 is 1.66. The van der Waals surface area contributed by atoms with Crippen LogP contribution in [-0.2, 0) is 0 Å². The predicted molar refractivity (Wildman–Crippen MR) is 82.7 cm³/mol. The van der Waals surface area contributed by atoms with Crippen LogP contribution >= 0.6 is 11.9 Å². The van der Waals surface area contributed by atoms with Crippen LogP contribution in [0, 0.1) is 0 Å². The second kappa shape index (κ2) is 5.51. The third-order valence-electron chi connectivity index (χ3n) is 3.11. The molecule has 3 rings (SSSR count). The molecular formula is C16H15NO2S. The van der Waals surface area contributed by atoms with E-state index in [-0.39, 0.29) is 0 Å². The van der Waals surface area contributed by atoms with Gasteiger partial charge in [-0.05, 0) is 54.4 Å². The zero-order chi connectivity index (χ0) is 13.9. The van der Waals surface area contributed by atoms with Gasteiger partial charge in [0.1, 0.15) is 11.5 Å². The normalized spacial score (nSPS) is 10.7. The molecule has 1 aromatic heterocycles. The third-order valence-corrected chi connectivity index (χ3v) is 4.09. The molecule has 2 aromatic carbocycles. The quantitative estimate of drug-likeness (QED) is 0.717. The van der Waals surface area contributed by atoms with Crippen molar-refractivity contribution in [2.24, 2.45) is 0 Å². The van der Waals surface area contributed by atoms with E-state index in [2.05, 4.69) is 28.4 Å². The summed E-state index contributed by atoms with van der Waals surface area (Å²) < 4.78 is 12.6. The van der Waals surface area contributed by atoms with Crippen LogP contribution in [0.25, 0.3) is 10.9 Å². The second-order valence-electron chi connectivity index (χ2n) is 4.34. The number of hydrogen-bond donors (Lipinski definition) is 0. The molecule has 0 aliphatic carbocycles. The Morgan fingerprint density at radius 3 is 2.50 bits per heavy atom. The van der Waals surface area contributed by atoms with Gasteiger partial charge in [0.05, 0.1) is 19.7 Å². The van der Waals surface area contributed by atoms with E-state index in [9.17, 15) is 0 Å². The van der Waals surface area contributed by atoms with Gasteiger partial charge in [0, 0.05) is 16.5 Å². The molecule has 3 aromatic rings. The lowest BCUT2D eigenvalue weighted by Gasteiger charge is -2.07. The van der Waals surface area contributed by atoms with Crippen molar-refractivity contribution in [2.45, 2.75) is 4.90 Å². The first kappa shape index (κ1) is 12.9. The lowest BCUT2D eigenvalue weighted by Crippen LogP contribution is -1.87. The standard InChI is InChI=1S/C16H15NO2S/c1-18-13-4-3-5-15(11-13)20-17-9-8-12-10-14(19-2)6-7-16(12)17/h3-11H,1-2H3. The third kappa shape index (κ3) is 2.47. The van der Waals surface area contributed by atoms with Crippen LogP contribution in [0.2, 0.25) is 0 Å². The molecule has 0 bridgehead atoms. The summed E-state index contributed by atoms with van der Waals surface area (Å²) in [4.78, 5) is 1.14. The Hall–Kier alpha value is -2.07. The van der Waals surface area contributed by atoms with E-state index < -0.39 is 0 Å². The fourth-order valence-corrected chi connectivity index (χ4v) is 2.99. The zero-order valence-electron chi connectivity index (χ0n) is 11.4. The minimum absolute atomic E-state index is 0.869. The van der Waals surface area contributed by atoms with Crippen molar-refractivity contribution in [1.29, 1.82) is 0 Å². The number of fused-ring (bicyclic) bond motifs is 1. The van der Waals surface area contributed by atoms with Gasteiger partial charge >= 0.3 is 0 Å². The molecule has 0 saturated carbocycles. The highest BCUT2D eigenvalue weighted by Crippen LogP contribution is 2.30. The van der Waals surface area contributed by atoms with Crippen LogP contribution in [0.4, 0.5) is 0 Å². The van der Waals surface area contributed by atoms with Crippen molar-refractivity contribution in [3.05, 3.63) is 54.7 Å². The van der Waals surface area contributed by atoms with E-state index in [4.69, 9.17) is 9.47 Å². The van der Waals surface area contributed by atoms with Gasteiger partial charge in [-0.2, -0.15) is 0 Å². The number of nitrogens with zero attached hydrogens (tertiary/aromatic N) is 1. The van der Waals surface area contributed by atoms with Crippen LogP contribution in [0.15, 0.2) is 59.6 Å². The van der Waals surface area contributed by atoms with E-state index in [1.165, 1.54) is 10.9 Å². The highest BCUT2D eigenvalue weighted by molar-refractivity contribution is 7.98. The summed E-state index contributed by atoms with van der Waals surface area (Å²) in [6.45, 7) is 0. The first-order chi connectivity index (χ1) is 9.80. The largest absolute Gasteiger partial charge is 0.497 e. The van der Waals surface area contributed by atoms with Gasteiger partial charge in [0.15, 0.2) is 0 Å². The van der Waals surface area contributed by atoms with E-state index in [1.54, 1.807) is 26.2 Å². The SMILES string of the molecule is COc1cccc(Sn2ccc3cc(OC)ccc32)c1. The minimum Gasteiger partial charge on any atom is -0.497 e. The molecule has 4 heteroatoms. The maximum absolute atomic E-state index is 5.25. The maximum Gasteiger partial charge on any atom is 0.120 e. The number of hydrogen-bond acceptors (Lipinski definition) is 3. The average Bonchev–Trinajstić information content (AvgIpc) is 2.89. The molecule has 0 atom stereocenters. The fraction of sp³-hybridized carbons (Fsp3) is 0.125. The van der Waals surface area contributed by atoms with Gasteiger partial charge in [-0.3, -0.25) is 3.97 Å². The lowest BCUT2D eigenvalue weighted by molar-refractivity contribution is 0.413. The molecule has 0 saturated heterocycles. The molecule has 0 N–H and O–H groups in total. The molecule has 20 heavy (non-hydrogen) atoms. The molecule has 0 amide bonds. The number of methoxy groups -OCH3 is 2. The Kier molecular flexibility index (Phi) is 3.56. The first-order valence-electron chi connectivity index (χ1n) is 6.27. The molecule has 0 fully saturated rings. The molecule has 0 spiro atoms. The van der Waals surface area contributed by atoms with Crippen LogP contribution < -0.4 is 9.47 Å². The Labute approximate surface area is 122 Å². The van der Waals surface area contributed by atoms with Crippen molar-refractivity contribution in [2.75, 3.05) is 14.2 Å². The van der Waals surface area contributed by atoms with E-state index in [0.717, 1.165) is 16.4 Å². The van der Waals surface area contributed by atoms with Gasteiger partial charge < -0.3 is 9.47 Å². The summed E-state index contributed by atoms with van der Waals surface area (Å²) in [5.74, 6) is 1.75. The fourth-order valence-electron chi connectivity index (χ4n) is 2.07. The molecule has 0 unspecified atom stereocenters. The monoisotopic (exact) mass is 285 g/mol. The Morgan fingerprint density at radius 2 is 1.70 bits per heavy atom. The number of rotatable bonds is 4. The Balaban J connectivity index is 1.94. The van der Waals surface area contributed by atoms with Crippen molar-refractivity contribution >= 4 is 22.9 Å². The van der Waals surface area contributed by atoms with E-state index in [0.29, 0.717) is 0 Å². The first-order valence-corrected chi connectivity index (χ1v) is 7.05. The number of ether oxygens (including phenoxy) is 2. The smallest absolute Gasteiger partial charge is 0.120 e. The molecule has 0 aliphatic rings. The van der Waals surface area contributed by atoms with Gasteiger partial charge in [-0.25, -0.2) is 0 Å².